The van der Waals surface area contributed by atoms with Crippen LogP contribution in [-0.4, -0.2) is 81.6 Å². The summed E-state index contributed by atoms with van der Waals surface area (Å²) in [7, 11) is 0. The largest absolute Gasteiger partial charge is 0.490 e. The number of aliphatic carboxylic acids is 1. The lowest BCUT2D eigenvalue weighted by molar-refractivity contribution is -0.192. The van der Waals surface area contributed by atoms with Gasteiger partial charge in [-0.15, -0.1) is 0 Å². The lowest BCUT2D eigenvalue weighted by Crippen LogP contribution is -2.49. The number of nitrogens with one attached hydrogen (secondary N) is 1. The van der Waals surface area contributed by atoms with Gasteiger partial charge in [-0.2, -0.15) is 26.3 Å². The van der Waals surface area contributed by atoms with Gasteiger partial charge in [0.05, 0.1) is 12.1 Å². The van der Waals surface area contributed by atoms with Crippen molar-refractivity contribution in [2.75, 3.05) is 31.1 Å². The average molecular weight is 570 g/mol. The van der Waals surface area contributed by atoms with Crippen LogP contribution in [0.25, 0.3) is 0 Å². The van der Waals surface area contributed by atoms with Gasteiger partial charge in [-0.25, -0.2) is 14.8 Å². The third kappa shape index (κ3) is 8.68. The molecule has 210 valence electrons. The number of carboxylic acid groups (broad SMARTS) is 1. The minimum absolute atomic E-state index is 0.00374. The zero-order valence-electron chi connectivity index (χ0n) is 19.9. The molecule has 38 heavy (non-hydrogen) atoms. The van der Waals surface area contributed by atoms with Crippen LogP contribution in [0.4, 0.5) is 32.3 Å². The van der Waals surface area contributed by atoms with Crippen LogP contribution < -0.4 is 10.2 Å². The van der Waals surface area contributed by atoms with E-state index in [0.29, 0.717) is 6.54 Å². The van der Waals surface area contributed by atoms with Crippen molar-refractivity contribution >= 4 is 23.5 Å². The number of β-amino-alcohol motifs (C(OH)–C–C–N with tert-alkyl or cyclic N) is 1. The van der Waals surface area contributed by atoms with Crippen molar-refractivity contribution in [2.45, 2.75) is 49.9 Å². The van der Waals surface area contributed by atoms with E-state index in [9.17, 15) is 31.4 Å². The molecule has 2 saturated heterocycles. The first-order valence-corrected chi connectivity index (χ1v) is 12.0. The molecular weight excluding hydrogens is 544 g/mol. The standard InChI is InChI=1S/C21H25ClF3N5O.C2HF3O2/c22-15-3-1-14(2-4-15)11-29-9-6-16(7-10-29)27-17-12-30(13-18(17)31)20-26-8-5-19(28-20)21(23,24)25;3-2(4,5)1(6)7/h1-5,8,16-18,27,31H,6-7,9-13H2;(H,6,7)/t17?,18-;/m1./s1. The molecular formula is C23H26ClF6N5O3. The Kier molecular flexibility index (Phi) is 9.79. The third-order valence-electron chi connectivity index (χ3n) is 6.10. The minimum atomic E-state index is -5.08. The maximum absolute atomic E-state index is 12.9. The summed E-state index contributed by atoms with van der Waals surface area (Å²) in [6.45, 7) is 3.31. The number of piperidine rings is 1. The number of halogens is 7. The predicted molar refractivity (Wildman–Crippen MR) is 126 cm³/mol. The van der Waals surface area contributed by atoms with Crippen LogP contribution in [0.1, 0.15) is 24.1 Å². The molecule has 4 rings (SSSR count). The van der Waals surface area contributed by atoms with Gasteiger partial charge in [0.25, 0.3) is 0 Å². The zero-order chi connectivity index (χ0) is 28.1. The number of aromatic nitrogens is 2. The third-order valence-corrected chi connectivity index (χ3v) is 6.36. The highest BCUT2D eigenvalue weighted by atomic mass is 35.5. The van der Waals surface area contributed by atoms with E-state index in [1.165, 1.54) is 5.56 Å². The maximum Gasteiger partial charge on any atom is 0.490 e. The first-order valence-electron chi connectivity index (χ1n) is 11.6. The molecule has 8 nitrogen and oxygen atoms in total. The lowest BCUT2D eigenvalue weighted by atomic mass is 10.0. The van der Waals surface area contributed by atoms with Gasteiger partial charge in [0.1, 0.15) is 5.69 Å². The minimum Gasteiger partial charge on any atom is -0.475 e. The Hall–Kier alpha value is -2.68. The number of hydrogen-bond acceptors (Lipinski definition) is 7. The van der Waals surface area contributed by atoms with Crippen LogP contribution in [0, 0.1) is 0 Å². The number of benzene rings is 1. The van der Waals surface area contributed by atoms with E-state index in [2.05, 4.69) is 20.2 Å². The molecule has 3 heterocycles. The second-order valence-electron chi connectivity index (χ2n) is 8.96. The number of aliphatic hydroxyl groups excluding tert-OH is 1. The molecule has 0 spiro atoms. The first kappa shape index (κ1) is 29.9. The van der Waals surface area contributed by atoms with Crippen LogP contribution >= 0.6 is 11.6 Å². The molecule has 2 aromatic rings. The van der Waals surface area contributed by atoms with E-state index in [1.807, 2.05) is 24.3 Å². The van der Waals surface area contributed by atoms with Gasteiger partial charge in [-0.1, -0.05) is 23.7 Å². The van der Waals surface area contributed by atoms with Crippen molar-refractivity contribution in [3.8, 4) is 0 Å². The topological polar surface area (TPSA) is 102 Å². The molecule has 1 unspecified atom stereocenters. The SMILES string of the molecule is O=C(O)C(F)(F)F.O[C@@H]1CN(c2nccc(C(F)(F)F)n2)CC1NC1CCN(Cc2ccc(Cl)cc2)CC1. The Morgan fingerprint density at radius 2 is 1.66 bits per heavy atom. The average Bonchev–Trinajstić information content (AvgIpc) is 3.21. The van der Waals surface area contributed by atoms with Gasteiger partial charge < -0.3 is 20.4 Å². The molecule has 0 aliphatic carbocycles. The molecule has 1 aromatic carbocycles. The van der Waals surface area contributed by atoms with Crippen LogP contribution in [0.2, 0.25) is 5.02 Å². The Morgan fingerprint density at radius 3 is 2.21 bits per heavy atom. The van der Waals surface area contributed by atoms with Crippen LogP contribution in [0.3, 0.4) is 0 Å². The van der Waals surface area contributed by atoms with Crippen molar-refractivity contribution < 1.29 is 41.4 Å². The normalized spacial score (nSPS) is 21.2. The molecule has 0 saturated carbocycles. The summed E-state index contributed by atoms with van der Waals surface area (Å²) in [4.78, 5) is 20.5. The van der Waals surface area contributed by atoms with Gasteiger partial charge in [0.15, 0.2) is 0 Å². The van der Waals surface area contributed by atoms with E-state index in [-0.39, 0.29) is 24.6 Å². The molecule has 3 N–H and O–H groups in total. The van der Waals surface area contributed by atoms with E-state index in [1.54, 1.807) is 4.90 Å². The fraction of sp³-hybridized carbons (Fsp3) is 0.522. The predicted octanol–water partition coefficient (Wildman–Crippen LogP) is 3.59. The Balaban J connectivity index is 0.000000505. The van der Waals surface area contributed by atoms with Gasteiger partial charge in [0, 0.05) is 36.9 Å². The Morgan fingerprint density at radius 1 is 1.05 bits per heavy atom. The molecule has 0 bridgehead atoms. The van der Waals surface area contributed by atoms with Crippen molar-refractivity contribution in [1.29, 1.82) is 0 Å². The Labute approximate surface area is 219 Å². The quantitative estimate of drug-likeness (QED) is 0.470. The molecule has 15 heteroatoms. The van der Waals surface area contributed by atoms with E-state index in [0.717, 1.165) is 49.8 Å². The number of likely N-dealkylation sites (tertiary alicyclic amines) is 1. The summed E-state index contributed by atoms with van der Waals surface area (Å²) in [5.74, 6) is -2.76. The van der Waals surface area contributed by atoms with Gasteiger partial charge in [-0.05, 0) is 49.7 Å². The fourth-order valence-electron chi connectivity index (χ4n) is 4.18. The second kappa shape index (κ2) is 12.5. The van der Waals surface area contributed by atoms with Crippen molar-refractivity contribution in [2.24, 2.45) is 0 Å². The monoisotopic (exact) mass is 569 g/mol. The van der Waals surface area contributed by atoms with Gasteiger partial charge in [-0.3, -0.25) is 4.90 Å². The lowest BCUT2D eigenvalue weighted by Gasteiger charge is -2.34. The van der Waals surface area contributed by atoms with Gasteiger partial charge in [0.2, 0.25) is 5.95 Å². The molecule has 2 fully saturated rings. The van der Waals surface area contributed by atoms with Crippen molar-refractivity contribution in [1.82, 2.24) is 20.2 Å². The maximum atomic E-state index is 12.9. The van der Waals surface area contributed by atoms with Crippen molar-refractivity contribution in [3.05, 3.63) is 52.8 Å². The highest BCUT2D eigenvalue weighted by Gasteiger charge is 2.38. The van der Waals surface area contributed by atoms with E-state index in [4.69, 9.17) is 21.5 Å². The number of rotatable bonds is 5. The van der Waals surface area contributed by atoms with Gasteiger partial charge >= 0.3 is 18.3 Å². The first-order chi connectivity index (χ1) is 17.7. The van der Waals surface area contributed by atoms with Crippen LogP contribution in [-0.2, 0) is 17.5 Å². The van der Waals surface area contributed by atoms with Crippen LogP contribution in [0.15, 0.2) is 36.5 Å². The number of aliphatic hydroxyl groups is 1. The number of carboxylic acids is 1. The second-order valence-corrected chi connectivity index (χ2v) is 9.40. The smallest absolute Gasteiger partial charge is 0.475 e. The van der Waals surface area contributed by atoms with E-state index >= 15 is 0 Å². The Bertz CT molecular complexity index is 1060. The number of anilines is 1. The fourth-order valence-corrected chi connectivity index (χ4v) is 4.31. The summed E-state index contributed by atoms with van der Waals surface area (Å²) in [6, 6.07) is 8.73. The van der Waals surface area contributed by atoms with E-state index < -0.39 is 30.1 Å². The molecule has 1 aromatic heterocycles. The summed E-state index contributed by atoms with van der Waals surface area (Å²) in [6.07, 6.45) is -7.30. The number of alkyl halides is 6. The molecule has 2 aliphatic heterocycles. The molecule has 2 aliphatic rings. The molecule has 2 atom stereocenters. The van der Waals surface area contributed by atoms with Crippen LogP contribution in [0.5, 0.6) is 0 Å². The number of nitrogens with zero attached hydrogens (tertiary/aromatic N) is 4. The molecule has 0 radical (unpaired) electrons. The summed E-state index contributed by atoms with van der Waals surface area (Å²) in [5.41, 5.74) is 0.246. The highest BCUT2D eigenvalue weighted by Crippen LogP contribution is 2.29. The summed E-state index contributed by atoms with van der Waals surface area (Å²) in [5, 5.41) is 21.8. The highest BCUT2D eigenvalue weighted by molar-refractivity contribution is 6.30. The molecule has 0 amide bonds. The summed E-state index contributed by atoms with van der Waals surface area (Å²) >= 11 is 5.94. The zero-order valence-corrected chi connectivity index (χ0v) is 20.6. The number of hydrogen-bond donors (Lipinski definition) is 3. The number of carbonyl (C=O) groups is 1. The summed E-state index contributed by atoms with van der Waals surface area (Å²) < 4.78 is 70.5. The van der Waals surface area contributed by atoms with Crippen molar-refractivity contribution in [3.63, 3.8) is 0 Å².